The van der Waals surface area contributed by atoms with E-state index in [-0.39, 0.29) is 6.10 Å². The van der Waals surface area contributed by atoms with E-state index in [1.54, 1.807) is 0 Å². The lowest BCUT2D eigenvalue weighted by atomic mass is 10.1. The molecule has 1 unspecified atom stereocenters. The minimum Gasteiger partial charge on any atom is -0.482 e. The predicted octanol–water partition coefficient (Wildman–Crippen LogP) is 3.20. The molecule has 1 aromatic rings. The fourth-order valence-corrected chi connectivity index (χ4v) is 1.59. The predicted molar refractivity (Wildman–Crippen MR) is 58.5 cm³/mol. The van der Waals surface area contributed by atoms with Gasteiger partial charge in [0.1, 0.15) is 17.5 Å². The maximum atomic E-state index is 5.79. The summed E-state index contributed by atoms with van der Waals surface area (Å²) in [4.78, 5) is 4.38. The molecule has 0 saturated carbocycles. The first-order valence-corrected chi connectivity index (χ1v) is 5.05. The Bertz CT molecular complexity index is 344. The van der Waals surface area contributed by atoms with Gasteiger partial charge in [0.15, 0.2) is 0 Å². The average molecular weight is 189 g/mol. The number of aliphatic imine (C=N–C) groups is 1. The first kappa shape index (κ1) is 9.25. The summed E-state index contributed by atoms with van der Waals surface area (Å²) < 4.78 is 5.79. The zero-order valence-corrected chi connectivity index (χ0v) is 8.60. The third kappa shape index (κ3) is 1.95. The molecule has 0 aromatic heterocycles. The second-order valence-electron chi connectivity index (χ2n) is 4.03. The number of para-hydroxylation sites is 2. The van der Waals surface area contributed by atoms with E-state index in [2.05, 4.69) is 18.8 Å². The molecule has 2 heteroatoms. The summed E-state index contributed by atoms with van der Waals surface area (Å²) in [5, 5.41) is 0. The van der Waals surface area contributed by atoms with Gasteiger partial charge in [-0.05, 0) is 24.5 Å². The molecule has 1 aliphatic rings. The summed E-state index contributed by atoms with van der Waals surface area (Å²) in [5.74, 6) is 1.54. The lowest BCUT2D eigenvalue weighted by molar-refractivity contribution is 0.238. The van der Waals surface area contributed by atoms with Crippen LogP contribution in [0.5, 0.6) is 5.75 Å². The number of ether oxygens (including phenoxy) is 1. The van der Waals surface area contributed by atoms with Crippen LogP contribution in [0.15, 0.2) is 29.3 Å². The molecule has 14 heavy (non-hydrogen) atoms. The molecule has 0 aliphatic carbocycles. The van der Waals surface area contributed by atoms with E-state index in [4.69, 9.17) is 4.74 Å². The summed E-state index contributed by atoms with van der Waals surface area (Å²) in [6.45, 7) is 4.38. The normalized spacial score (nSPS) is 19.2. The highest BCUT2D eigenvalue weighted by molar-refractivity contribution is 5.73. The van der Waals surface area contributed by atoms with Gasteiger partial charge in [0.05, 0.1) is 0 Å². The number of fused-ring (bicyclic) bond motifs is 1. The molecule has 1 aromatic carbocycles. The minimum absolute atomic E-state index is 0.143. The molecule has 0 radical (unpaired) electrons. The molecule has 1 atom stereocenters. The van der Waals surface area contributed by atoms with Crippen LogP contribution in [0.1, 0.15) is 20.3 Å². The maximum Gasteiger partial charge on any atom is 0.145 e. The van der Waals surface area contributed by atoms with Crippen LogP contribution >= 0.6 is 0 Å². The summed E-state index contributed by atoms with van der Waals surface area (Å²) >= 11 is 0. The molecule has 0 fully saturated rings. The molecule has 2 rings (SSSR count). The van der Waals surface area contributed by atoms with Crippen LogP contribution in [0.2, 0.25) is 0 Å². The SMILES string of the molecule is CC(C)CC1C=Nc2ccccc2O1. The van der Waals surface area contributed by atoms with Gasteiger partial charge in [0.25, 0.3) is 0 Å². The molecule has 1 heterocycles. The molecule has 0 amide bonds. The zero-order chi connectivity index (χ0) is 9.97. The summed E-state index contributed by atoms with van der Waals surface area (Å²) in [5.41, 5.74) is 0.938. The van der Waals surface area contributed by atoms with E-state index in [1.807, 2.05) is 30.5 Å². The van der Waals surface area contributed by atoms with E-state index in [1.165, 1.54) is 0 Å². The van der Waals surface area contributed by atoms with Crippen LogP contribution in [0.4, 0.5) is 5.69 Å². The summed E-state index contributed by atoms with van der Waals surface area (Å²) in [6.07, 6.45) is 3.07. The Balaban J connectivity index is 2.13. The second-order valence-corrected chi connectivity index (χ2v) is 4.03. The van der Waals surface area contributed by atoms with E-state index in [9.17, 15) is 0 Å². The van der Waals surface area contributed by atoms with Gasteiger partial charge in [-0.3, -0.25) is 4.99 Å². The highest BCUT2D eigenvalue weighted by Gasteiger charge is 2.15. The summed E-state index contributed by atoms with van der Waals surface area (Å²) in [7, 11) is 0. The van der Waals surface area contributed by atoms with Crippen molar-refractivity contribution in [2.24, 2.45) is 10.9 Å². The third-order valence-electron chi connectivity index (χ3n) is 2.23. The van der Waals surface area contributed by atoms with E-state index in [0.717, 1.165) is 17.9 Å². The molecule has 0 bridgehead atoms. The minimum atomic E-state index is 0.143. The van der Waals surface area contributed by atoms with Crippen molar-refractivity contribution in [1.82, 2.24) is 0 Å². The van der Waals surface area contributed by atoms with Crippen LogP contribution in [-0.2, 0) is 0 Å². The van der Waals surface area contributed by atoms with E-state index >= 15 is 0 Å². The quantitative estimate of drug-likeness (QED) is 0.700. The molecular formula is C12H15NO. The van der Waals surface area contributed by atoms with Gasteiger partial charge in [-0.2, -0.15) is 0 Å². The molecular weight excluding hydrogens is 174 g/mol. The lowest BCUT2D eigenvalue weighted by Crippen LogP contribution is -2.22. The van der Waals surface area contributed by atoms with Crippen molar-refractivity contribution in [2.75, 3.05) is 0 Å². The fourth-order valence-electron chi connectivity index (χ4n) is 1.59. The van der Waals surface area contributed by atoms with Gasteiger partial charge in [-0.25, -0.2) is 0 Å². The zero-order valence-electron chi connectivity index (χ0n) is 8.60. The molecule has 2 nitrogen and oxygen atoms in total. The smallest absolute Gasteiger partial charge is 0.145 e. The van der Waals surface area contributed by atoms with Crippen LogP contribution in [0, 0.1) is 5.92 Å². The van der Waals surface area contributed by atoms with Gasteiger partial charge >= 0.3 is 0 Å². The van der Waals surface area contributed by atoms with E-state index < -0.39 is 0 Å². The van der Waals surface area contributed by atoms with Crippen molar-refractivity contribution in [1.29, 1.82) is 0 Å². The fraction of sp³-hybridized carbons (Fsp3) is 0.417. The molecule has 1 aliphatic heterocycles. The third-order valence-corrected chi connectivity index (χ3v) is 2.23. The Labute approximate surface area is 84.6 Å². The maximum absolute atomic E-state index is 5.79. The van der Waals surface area contributed by atoms with Crippen molar-refractivity contribution < 1.29 is 4.74 Å². The van der Waals surface area contributed by atoms with Crippen LogP contribution < -0.4 is 4.74 Å². The Kier molecular flexibility index (Phi) is 2.53. The largest absolute Gasteiger partial charge is 0.482 e. The molecule has 0 spiro atoms. The monoisotopic (exact) mass is 189 g/mol. The Hall–Kier alpha value is -1.31. The van der Waals surface area contributed by atoms with Crippen molar-refractivity contribution in [3.63, 3.8) is 0 Å². The Morgan fingerprint density at radius 2 is 2.14 bits per heavy atom. The molecule has 74 valence electrons. The van der Waals surface area contributed by atoms with Gasteiger partial charge < -0.3 is 4.74 Å². The van der Waals surface area contributed by atoms with Gasteiger partial charge in [-0.15, -0.1) is 0 Å². The van der Waals surface area contributed by atoms with Crippen molar-refractivity contribution in [2.45, 2.75) is 26.4 Å². The Morgan fingerprint density at radius 3 is 2.93 bits per heavy atom. The van der Waals surface area contributed by atoms with Crippen LogP contribution in [0.3, 0.4) is 0 Å². The topological polar surface area (TPSA) is 21.6 Å². The van der Waals surface area contributed by atoms with Crippen molar-refractivity contribution >= 4 is 11.9 Å². The highest BCUT2D eigenvalue weighted by Crippen LogP contribution is 2.31. The first-order valence-electron chi connectivity index (χ1n) is 5.05. The number of nitrogens with zero attached hydrogens (tertiary/aromatic N) is 1. The van der Waals surface area contributed by atoms with Crippen LogP contribution in [0.25, 0.3) is 0 Å². The molecule has 0 saturated heterocycles. The summed E-state index contributed by atoms with van der Waals surface area (Å²) in [6, 6.07) is 7.89. The van der Waals surface area contributed by atoms with E-state index in [0.29, 0.717) is 5.92 Å². The van der Waals surface area contributed by atoms with Gasteiger partial charge in [0.2, 0.25) is 0 Å². The average Bonchev–Trinajstić information content (AvgIpc) is 2.17. The lowest BCUT2D eigenvalue weighted by Gasteiger charge is -2.21. The second kappa shape index (κ2) is 3.82. The number of hydrogen-bond acceptors (Lipinski definition) is 2. The molecule has 0 N–H and O–H groups in total. The van der Waals surface area contributed by atoms with Gasteiger partial charge in [0, 0.05) is 6.21 Å². The van der Waals surface area contributed by atoms with Gasteiger partial charge in [-0.1, -0.05) is 26.0 Å². The first-order chi connectivity index (χ1) is 6.75. The Morgan fingerprint density at radius 1 is 1.36 bits per heavy atom. The number of rotatable bonds is 2. The number of benzene rings is 1. The van der Waals surface area contributed by atoms with Crippen molar-refractivity contribution in [3.05, 3.63) is 24.3 Å². The number of hydrogen-bond donors (Lipinski definition) is 0. The standard InChI is InChI=1S/C12H15NO/c1-9(2)7-10-8-13-11-5-3-4-6-12(11)14-10/h3-6,8-10H,7H2,1-2H3. The highest BCUT2D eigenvalue weighted by atomic mass is 16.5. The van der Waals surface area contributed by atoms with Crippen molar-refractivity contribution in [3.8, 4) is 5.75 Å². The van der Waals surface area contributed by atoms with Crippen LogP contribution in [-0.4, -0.2) is 12.3 Å².